The Labute approximate surface area is 273 Å². The molecule has 0 atom stereocenters. The monoisotopic (exact) mass is 595 g/mol. The van der Waals surface area contributed by atoms with E-state index in [2.05, 4.69) is 66.7 Å². The van der Waals surface area contributed by atoms with Crippen LogP contribution in [0.1, 0.15) is 46.0 Å². The number of aromatic nitrogens is 3. The average Bonchev–Trinajstić information content (AvgIpc) is 3.42. The largest absolute Gasteiger partial charge is 0.208 e. The third kappa shape index (κ3) is 3.87. The molecule has 3 heteroatoms. The molecule has 4 fully saturated rings. The Balaban J connectivity index is 1.08. The van der Waals surface area contributed by atoms with Crippen molar-refractivity contribution in [2.45, 2.75) is 37.5 Å². The molecule has 5 aliphatic rings. The fourth-order valence-electron chi connectivity index (χ4n) is 9.34. The Kier molecular flexibility index (Phi) is 5.32. The normalized spacial score (nSPS) is 28.9. The highest BCUT2D eigenvalue weighted by Crippen LogP contribution is 2.69. The predicted octanol–water partition coefficient (Wildman–Crippen LogP) is 10.3. The summed E-state index contributed by atoms with van der Waals surface area (Å²) in [7, 11) is 0. The van der Waals surface area contributed by atoms with Crippen molar-refractivity contribution in [2.24, 2.45) is 23.6 Å². The minimum atomic E-state index is -0.658. The maximum absolute atomic E-state index is 10.2. The minimum Gasteiger partial charge on any atom is -0.208 e. The lowest BCUT2D eigenvalue weighted by atomic mass is 9.43. The van der Waals surface area contributed by atoms with Crippen molar-refractivity contribution in [3.05, 3.63) is 139 Å². The van der Waals surface area contributed by atoms with Crippen molar-refractivity contribution in [1.82, 2.24) is 15.0 Å². The quantitative estimate of drug-likeness (QED) is 0.204. The van der Waals surface area contributed by atoms with Crippen LogP contribution in [0.15, 0.2) is 127 Å². The van der Waals surface area contributed by atoms with Crippen LogP contribution in [0.5, 0.6) is 0 Å². The van der Waals surface area contributed by atoms with Gasteiger partial charge in [0.05, 0.1) is 0 Å². The zero-order valence-corrected chi connectivity index (χ0v) is 25.7. The van der Waals surface area contributed by atoms with Crippen LogP contribution in [0.2, 0.25) is 0 Å². The van der Waals surface area contributed by atoms with Gasteiger partial charge in [0.15, 0.2) is 17.5 Å². The highest BCUT2D eigenvalue weighted by Gasteiger charge is 2.61. The molecule has 0 N–H and O–H groups in total. The lowest BCUT2D eigenvalue weighted by molar-refractivity contribution is -0.0399. The fraction of sp³-hybridized carbons (Fsp3) is 0.233. The lowest BCUT2D eigenvalue weighted by Crippen LogP contribution is -2.55. The van der Waals surface area contributed by atoms with Crippen molar-refractivity contribution in [3.63, 3.8) is 0 Å². The van der Waals surface area contributed by atoms with E-state index in [0.717, 1.165) is 53.5 Å². The van der Waals surface area contributed by atoms with Crippen molar-refractivity contribution in [1.29, 1.82) is 0 Å². The maximum atomic E-state index is 10.2. The Morgan fingerprint density at radius 2 is 0.891 bits per heavy atom. The van der Waals surface area contributed by atoms with E-state index in [9.17, 15) is 2.74 Å². The number of hydrogen-bond donors (Lipinski definition) is 0. The summed E-state index contributed by atoms with van der Waals surface area (Å²) in [6.07, 6.45) is 4.81. The molecule has 0 unspecified atom stereocenters. The highest BCUT2D eigenvalue weighted by atomic mass is 15.0. The zero-order chi connectivity index (χ0) is 32.1. The second-order valence-electron chi connectivity index (χ2n) is 13.7. The Hall–Kier alpha value is -4.89. The summed E-state index contributed by atoms with van der Waals surface area (Å²) < 4.78 is 20.3. The lowest BCUT2D eigenvalue weighted by Gasteiger charge is -2.61. The number of rotatable bonds is 4. The molecule has 5 aromatic carbocycles. The summed E-state index contributed by atoms with van der Waals surface area (Å²) in [4.78, 5) is 14.7. The molecule has 1 spiro atoms. The van der Waals surface area contributed by atoms with Crippen molar-refractivity contribution < 1.29 is 2.74 Å². The maximum Gasteiger partial charge on any atom is 0.164 e. The first-order valence-electron chi connectivity index (χ1n) is 17.7. The molecule has 11 rings (SSSR count). The van der Waals surface area contributed by atoms with Gasteiger partial charge in [-0.3, -0.25) is 0 Å². The van der Waals surface area contributed by atoms with Crippen LogP contribution in [0.3, 0.4) is 0 Å². The summed E-state index contributed by atoms with van der Waals surface area (Å²) in [6.45, 7) is 0. The number of nitrogens with zero attached hydrogens (tertiary/aromatic N) is 3. The van der Waals surface area contributed by atoms with E-state index in [4.69, 9.17) is 15.0 Å². The standard InChI is InChI=1S/C43H35N3/c1-3-9-30(10-4-1)40-44-41(31-11-5-2-6-12-31)46-42(45-40)32-17-15-29(16-18-32)33-19-20-37-36-13-7-8-14-38(36)43(39(37)26-33)34-22-27-21-28(24-34)25-35(43)23-27/h1-20,26-28,34-35H,21-25H2/i34D,35D. The second-order valence-corrected chi connectivity index (χ2v) is 13.7. The molecule has 0 saturated heterocycles. The molecule has 5 aliphatic carbocycles. The summed E-state index contributed by atoms with van der Waals surface area (Å²) in [6, 6.07) is 44.2. The molecule has 6 aromatic rings. The smallest absolute Gasteiger partial charge is 0.164 e. The molecule has 0 radical (unpaired) electrons. The van der Waals surface area contributed by atoms with E-state index in [1.54, 1.807) is 0 Å². The summed E-state index contributed by atoms with van der Waals surface area (Å²) in [5.74, 6) is 1.63. The highest BCUT2D eigenvalue weighted by molar-refractivity contribution is 5.85. The van der Waals surface area contributed by atoms with Gasteiger partial charge in [-0.1, -0.05) is 121 Å². The van der Waals surface area contributed by atoms with Gasteiger partial charge in [0.2, 0.25) is 0 Å². The second kappa shape index (κ2) is 10.1. The van der Waals surface area contributed by atoms with E-state index in [1.807, 2.05) is 60.7 Å². The molecule has 1 aromatic heterocycles. The van der Waals surface area contributed by atoms with E-state index in [-0.39, 0.29) is 0 Å². The minimum absolute atomic E-state index is 0.505. The van der Waals surface area contributed by atoms with Crippen LogP contribution in [0.25, 0.3) is 56.4 Å². The zero-order valence-electron chi connectivity index (χ0n) is 27.7. The molecule has 222 valence electrons. The van der Waals surface area contributed by atoms with Gasteiger partial charge in [-0.05, 0) is 95.2 Å². The first kappa shape index (κ1) is 24.4. The molecule has 0 amide bonds. The van der Waals surface area contributed by atoms with Gasteiger partial charge in [-0.2, -0.15) is 0 Å². The molecule has 46 heavy (non-hydrogen) atoms. The third-order valence-corrected chi connectivity index (χ3v) is 11.1. The molecular weight excluding hydrogens is 558 g/mol. The summed E-state index contributed by atoms with van der Waals surface area (Å²) in [5.41, 5.74) is 9.30. The first-order chi connectivity index (χ1) is 23.4. The van der Waals surface area contributed by atoms with Gasteiger partial charge in [-0.15, -0.1) is 0 Å². The topological polar surface area (TPSA) is 38.7 Å². The molecule has 4 saturated carbocycles. The Morgan fingerprint density at radius 3 is 1.48 bits per heavy atom. The van der Waals surface area contributed by atoms with Crippen LogP contribution >= 0.6 is 0 Å². The SMILES string of the molecule is [2H]C12CC3CC(C1)CC([2H])(C3)C21c2ccccc2-c2ccc(-c3ccc(-c4nc(-c5ccccc5)nc(-c5ccccc5)n4)cc3)cc21. The Bertz CT molecular complexity index is 2120. The van der Waals surface area contributed by atoms with Gasteiger partial charge in [-0.25, -0.2) is 15.0 Å². The van der Waals surface area contributed by atoms with Gasteiger partial charge in [0.1, 0.15) is 0 Å². The van der Waals surface area contributed by atoms with Gasteiger partial charge in [0.25, 0.3) is 0 Å². The summed E-state index contributed by atoms with van der Waals surface area (Å²) >= 11 is 0. The van der Waals surface area contributed by atoms with Crippen LogP contribution in [-0.4, -0.2) is 15.0 Å². The van der Waals surface area contributed by atoms with Gasteiger partial charge in [0, 0.05) is 24.8 Å². The summed E-state index contributed by atoms with van der Waals surface area (Å²) in [5, 5.41) is 0. The van der Waals surface area contributed by atoms with Gasteiger partial charge < -0.3 is 0 Å². The molecule has 3 nitrogen and oxygen atoms in total. The predicted molar refractivity (Wildman–Crippen MR) is 185 cm³/mol. The van der Waals surface area contributed by atoms with Crippen LogP contribution in [0.4, 0.5) is 0 Å². The molecule has 1 heterocycles. The van der Waals surface area contributed by atoms with Crippen molar-refractivity contribution >= 4 is 0 Å². The van der Waals surface area contributed by atoms with Crippen LogP contribution < -0.4 is 0 Å². The van der Waals surface area contributed by atoms with Crippen molar-refractivity contribution in [2.75, 3.05) is 0 Å². The van der Waals surface area contributed by atoms with Crippen molar-refractivity contribution in [3.8, 4) is 56.4 Å². The molecular formula is C43H35N3. The van der Waals surface area contributed by atoms with Gasteiger partial charge >= 0.3 is 0 Å². The average molecular weight is 596 g/mol. The first-order valence-corrected chi connectivity index (χ1v) is 16.7. The van der Waals surface area contributed by atoms with E-state index >= 15 is 0 Å². The third-order valence-electron chi connectivity index (χ3n) is 11.1. The van der Waals surface area contributed by atoms with Crippen LogP contribution in [-0.2, 0) is 5.41 Å². The number of hydrogen-bond acceptors (Lipinski definition) is 3. The Morgan fingerprint density at radius 1 is 0.435 bits per heavy atom. The van der Waals surface area contributed by atoms with E-state index in [0.29, 0.717) is 29.3 Å². The molecule has 4 bridgehead atoms. The fourth-order valence-corrected chi connectivity index (χ4v) is 9.34. The van der Waals surface area contributed by atoms with Crippen LogP contribution in [0, 0.1) is 23.6 Å². The number of benzene rings is 5. The van der Waals surface area contributed by atoms with E-state index < -0.39 is 17.2 Å². The molecule has 0 aliphatic heterocycles. The number of fused-ring (bicyclic) bond motifs is 3. The van der Waals surface area contributed by atoms with E-state index in [1.165, 1.54) is 28.7 Å².